The summed E-state index contributed by atoms with van der Waals surface area (Å²) in [6.45, 7) is 3.06. The molecule has 1 unspecified atom stereocenters. The fourth-order valence-electron chi connectivity index (χ4n) is 1.97. The summed E-state index contributed by atoms with van der Waals surface area (Å²) >= 11 is 1.67. The second-order valence-electron chi connectivity index (χ2n) is 5.01. The van der Waals surface area contributed by atoms with Crippen LogP contribution in [-0.2, 0) is 11.3 Å². The number of anilines is 1. The fraction of sp³-hybridized carbons (Fsp3) is 0.267. The average molecular weight is 311 g/mol. The van der Waals surface area contributed by atoms with Gasteiger partial charge < -0.3 is 10.2 Å². The first-order chi connectivity index (χ1) is 9.95. The summed E-state index contributed by atoms with van der Waals surface area (Å²) < 4.78 is 25.9. The highest BCUT2D eigenvalue weighted by Crippen LogP contribution is 2.14. The highest BCUT2D eigenvalue weighted by molar-refractivity contribution is 7.10. The van der Waals surface area contributed by atoms with E-state index in [2.05, 4.69) is 11.4 Å². The molecule has 1 heterocycles. The highest BCUT2D eigenvalue weighted by Gasteiger charge is 2.13. The Labute approximate surface area is 126 Å². The standard InChI is InChI=1S/C15H16F2N2OS/c1-10-5-6-21-14(10)8-19(2)9-15(20)18-11-3-4-12(16)13(17)7-11/h3-7H,8-9H2,1-2H3,(H,18,20)/p+1. The van der Waals surface area contributed by atoms with Crippen LogP contribution in [0.15, 0.2) is 29.6 Å². The number of benzene rings is 1. The van der Waals surface area contributed by atoms with E-state index in [0.29, 0.717) is 0 Å². The van der Waals surface area contributed by atoms with Gasteiger partial charge >= 0.3 is 0 Å². The van der Waals surface area contributed by atoms with Gasteiger partial charge in [-0.2, -0.15) is 0 Å². The third-order valence-corrected chi connectivity index (χ3v) is 4.12. The lowest BCUT2D eigenvalue weighted by Crippen LogP contribution is -3.08. The molecule has 112 valence electrons. The maximum Gasteiger partial charge on any atom is 0.279 e. The second-order valence-corrected chi connectivity index (χ2v) is 6.02. The number of rotatable bonds is 5. The molecule has 0 saturated heterocycles. The molecule has 2 aromatic rings. The van der Waals surface area contributed by atoms with Crippen LogP contribution in [0.25, 0.3) is 0 Å². The molecule has 2 N–H and O–H groups in total. The summed E-state index contributed by atoms with van der Waals surface area (Å²) in [5, 5.41) is 4.60. The van der Waals surface area contributed by atoms with Crippen LogP contribution in [0.2, 0.25) is 0 Å². The first-order valence-electron chi connectivity index (χ1n) is 6.55. The minimum absolute atomic E-state index is 0.229. The number of thiophene rings is 1. The third kappa shape index (κ3) is 4.34. The summed E-state index contributed by atoms with van der Waals surface area (Å²) in [5.74, 6) is -2.13. The van der Waals surface area contributed by atoms with Crippen LogP contribution in [0, 0.1) is 18.6 Å². The quantitative estimate of drug-likeness (QED) is 0.870. The van der Waals surface area contributed by atoms with Gasteiger partial charge in [-0.05, 0) is 36.1 Å². The lowest BCUT2D eigenvalue weighted by atomic mass is 10.3. The minimum Gasteiger partial charge on any atom is -0.325 e. The zero-order valence-corrected chi connectivity index (χ0v) is 12.7. The zero-order valence-electron chi connectivity index (χ0n) is 11.9. The molecule has 3 nitrogen and oxygen atoms in total. The molecule has 2 rings (SSSR count). The van der Waals surface area contributed by atoms with Crippen LogP contribution in [0.4, 0.5) is 14.5 Å². The molecular weight excluding hydrogens is 294 g/mol. The summed E-state index contributed by atoms with van der Waals surface area (Å²) in [7, 11) is 1.92. The van der Waals surface area contributed by atoms with E-state index in [9.17, 15) is 13.6 Å². The van der Waals surface area contributed by atoms with Crippen molar-refractivity contribution < 1.29 is 18.5 Å². The lowest BCUT2D eigenvalue weighted by molar-refractivity contribution is -0.884. The Bertz CT molecular complexity index is 642. The SMILES string of the molecule is Cc1ccsc1C[NH+](C)CC(=O)Nc1ccc(F)c(F)c1. The van der Waals surface area contributed by atoms with Gasteiger partial charge in [0.2, 0.25) is 0 Å². The monoisotopic (exact) mass is 311 g/mol. The van der Waals surface area contributed by atoms with E-state index in [1.54, 1.807) is 11.3 Å². The molecule has 0 saturated carbocycles. The second kappa shape index (κ2) is 6.78. The molecule has 0 spiro atoms. The Kier molecular flexibility index (Phi) is 5.03. The van der Waals surface area contributed by atoms with Gasteiger partial charge in [0.15, 0.2) is 18.2 Å². The normalized spacial score (nSPS) is 12.2. The maximum absolute atomic E-state index is 13.1. The van der Waals surface area contributed by atoms with Gasteiger partial charge in [0.05, 0.1) is 11.9 Å². The van der Waals surface area contributed by atoms with Gasteiger partial charge in [-0.25, -0.2) is 8.78 Å². The summed E-state index contributed by atoms with van der Waals surface area (Å²) in [6, 6.07) is 5.37. The largest absolute Gasteiger partial charge is 0.325 e. The number of amides is 1. The molecule has 0 aliphatic carbocycles. The Morgan fingerprint density at radius 3 is 2.67 bits per heavy atom. The highest BCUT2D eigenvalue weighted by atomic mass is 32.1. The molecule has 1 atom stereocenters. The molecule has 0 fully saturated rings. The molecule has 1 aromatic heterocycles. The molecule has 6 heteroatoms. The minimum atomic E-state index is -0.970. The lowest BCUT2D eigenvalue weighted by Gasteiger charge is -2.13. The molecule has 1 aromatic carbocycles. The Hall–Kier alpha value is -1.79. The third-order valence-electron chi connectivity index (χ3n) is 3.10. The molecule has 0 aliphatic rings. The van der Waals surface area contributed by atoms with E-state index in [0.717, 1.165) is 23.6 Å². The van der Waals surface area contributed by atoms with Crippen LogP contribution in [0.5, 0.6) is 0 Å². The van der Waals surface area contributed by atoms with Gasteiger partial charge in [-0.15, -0.1) is 11.3 Å². The first-order valence-corrected chi connectivity index (χ1v) is 7.43. The first kappa shape index (κ1) is 15.6. The summed E-state index contributed by atoms with van der Waals surface area (Å²) in [5.41, 5.74) is 1.49. The Balaban J connectivity index is 1.89. The molecule has 0 bridgehead atoms. The Morgan fingerprint density at radius 2 is 2.05 bits per heavy atom. The number of carbonyl (C=O) groups is 1. The number of carbonyl (C=O) groups excluding carboxylic acids is 1. The van der Waals surface area contributed by atoms with E-state index in [1.165, 1.54) is 16.5 Å². The fourth-order valence-corrected chi connectivity index (χ4v) is 3.00. The van der Waals surface area contributed by atoms with Gasteiger partial charge in [-0.1, -0.05) is 0 Å². The predicted molar refractivity (Wildman–Crippen MR) is 79.5 cm³/mol. The van der Waals surface area contributed by atoms with Crippen molar-refractivity contribution in [2.75, 3.05) is 18.9 Å². The summed E-state index contributed by atoms with van der Waals surface area (Å²) in [4.78, 5) is 14.2. The van der Waals surface area contributed by atoms with E-state index in [1.807, 2.05) is 19.4 Å². The van der Waals surface area contributed by atoms with E-state index < -0.39 is 11.6 Å². The van der Waals surface area contributed by atoms with Crippen LogP contribution in [0.3, 0.4) is 0 Å². The number of hydrogen-bond acceptors (Lipinski definition) is 2. The van der Waals surface area contributed by atoms with Crippen molar-refractivity contribution in [3.8, 4) is 0 Å². The number of nitrogens with one attached hydrogen (secondary N) is 2. The maximum atomic E-state index is 13.1. The molecule has 1 amide bonds. The number of quaternary nitrogens is 1. The van der Waals surface area contributed by atoms with E-state index >= 15 is 0 Å². The smallest absolute Gasteiger partial charge is 0.279 e. The van der Waals surface area contributed by atoms with Gasteiger partial charge in [0, 0.05) is 11.8 Å². The topological polar surface area (TPSA) is 33.5 Å². The van der Waals surface area contributed by atoms with E-state index in [4.69, 9.17) is 0 Å². The number of likely N-dealkylation sites (N-methyl/N-ethyl adjacent to an activating group) is 1. The Morgan fingerprint density at radius 1 is 1.29 bits per heavy atom. The molecule has 0 aliphatic heterocycles. The van der Waals surface area contributed by atoms with Crippen LogP contribution < -0.4 is 10.2 Å². The van der Waals surface area contributed by atoms with Crippen LogP contribution in [0.1, 0.15) is 10.4 Å². The number of hydrogen-bond donors (Lipinski definition) is 2. The number of aryl methyl sites for hydroxylation is 1. The van der Waals surface area contributed by atoms with Crippen LogP contribution >= 0.6 is 11.3 Å². The zero-order chi connectivity index (χ0) is 15.4. The van der Waals surface area contributed by atoms with Crippen molar-refractivity contribution in [2.24, 2.45) is 0 Å². The van der Waals surface area contributed by atoms with E-state index in [-0.39, 0.29) is 18.1 Å². The van der Waals surface area contributed by atoms with Crippen molar-refractivity contribution in [2.45, 2.75) is 13.5 Å². The van der Waals surface area contributed by atoms with Crippen molar-refractivity contribution in [1.82, 2.24) is 0 Å². The molecular formula is C15H17F2N2OS+. The average Bonchev–Trinajstić information content (AvgIpc) is 2.79. The van der Waals surface area contributed by atoms with Crippen molar-refractivity contribution in [3.05, 3.63) is 51.7 Å². The molecule has 21 heavy (non-hydrogen) atoms. The summed E-state index contributed by atoms with van der Waals surface area (Å²) in [6.07, 6.45) is 0. The van der Waals surface area contributed by atoms with Crippen molar-refractivity contribution >= 4 is 22.9 Å². The predicted octanol–water partition coefficient (Wildman–Crippen LogP) is 1.99. The van der Waals surface area contributed by atoms with Gasteiger partial charge in [0.1, 0.15) is 6.54 Å². The van der Waals surface area contributed by atoms with Gasteiger partial charge in [0.25, 0.3) is 5.91 Å². The number of halogens is 2. The van der Waals surface area contributed by atoms with Crippen molar-refractivity contribution in [1.29, 1.82) is 0 Å². The molecule has 0 radical (unpaired) electrons. The van der Waals surface area contributed by atoms with Crippen molar-refractivity contribution in [3.63, 3.8) is 0 Å². The van der Waals surface area contributed by atoms with Gasteiger partial charge in [-0.3, -0.25) is 4.79 Å². The van der Waals surface area contributed by atoms with Crippen LogP contribution in [-0.4, -0.2) is 19.5 Å².